The fraction of sp³-hybridized carbons (Fsp3) is 0.444. The summed E-state index contributed by atoms with van der Waals surface area (Å²) in [5.74, 6) is -0.0594. The first-order valence-corrected chi connectivity index (χ1v) is 8.02. The van der Waals surface area contributed by atoms with Crippen LogP contribution in [0.5, 0.6) is 0 Å². The molecular weight excluding hydrogens is 361 g/mol. The maximum Gasteiger partial charge on any atom is 0.252 e. The van der Waals surface area contributed by atoms with Crippen LogP contribution in [0.2, 0.25) is 0 Å². The largest absolute Gasteiger partial charge is 0.383 e. The Balaban J connectivity index is 0.00000156. The monoisotopic (exact) mass is 385 g/mol. The third-order valence-electron chi connectivity index (χ3n) is 4.43. The van der Waals surface area contributed by atoms with Gasteiger partial charge in [0.2, 0.25) is 0 Å². The number of nitrogens with zero attached hydrogens (tertiary/aromatic N) is 1. The minimum absolute atomic E-state index is 0. The molecule has 2 heterocycles. The summed E-state index contributed by atoms with van der Waals surface area (Å²) < 4.78 is 5.33. The average Bonchev–Trinajstić information content (AvgIpc) is 3.01. The number of fused-ring (bicyclic) bond motifs is 1. The van der Waals surface area contributed by atoms with Crippen molar-refractivity contribution in [1.29, 1.82) is 0 Å². The minimum atomic E-state index is -0.151. The van der Waals surface area contributed by atoms with Crippen molar-refractivity contribution in [1.82, 2.24) is 15.6 Å². The number of carbonyl (C=O) groups excluding carboxylic acids is 1. The number of amides is 1. The van der Waals surface area contributed by atoms with Crippen molar-refractivity contribution in [3.05, 3.63) is 41.6 Å². The fourth-order valence-corrected chi connectivity index (χ4v) is 3.31. The number of hydrogen-bond donors (Lipinski definition) is 2. The van der Waals surface area contributed by atoms with E-state index in [9.17, 15) is 4.79 Å². The normalized spacial score (nSPS) is 19.1. The van der Waals surface area contributed by atoms with E-state index in [-0.39, 0.29) is 36.3 Å². The van der Waals surface area contributed by atoms with Crippen LogP contribution in [0.3, 0.4) is 0 Å². The van der Waals surface area contributed by atoms with Gasteiger partial charge < -0.3 is 15.4 Å². The summed E-state index contributed by atoms with van der Waals surface area (Å²) in [4.78, 5) is 17.2. The van der Waals surface area contributed by atoms with Gasteiger partial charge >= 0.3 is 0 Å². The van der Waals surface area contributed by atoms with E-state index in [1.165, 1.54) is 0 Å². The molecule has 1 aromatic heterocycles. The summed E-state index contributed by atoms with van der Waals surface area (Å²) in [5, 5.41) is 7.44. The number of carbonyl (C=O) groups is 1. The molecule has 1 saturated heterocycles. The van der Waals surface area contributed by atoms with Crippen molar-refractivity contribution in [2.75, 3.05) is 26.8 Å². The molecule has 0 aliphatic carbocycles. The molecule has 1 aliphatic heterocycles. The van der Waals surface area contributed by atoms with E-state index in [0.717, 1.165) is 36.0 Å². The lowest BCUT2D eigenvalue weighted by molar-refractivity contribution is 0.0893. The molecule has 0 bridgehead atoms. The van der Waals surface area contributed by atoms with E-state index in [1.807, 2.05) is 37.3 Å². The molecule has 2 N–H and O–H groups in total. The Hall–Kier alpha value is -1.40. The maximum absolute atomic E-state index is 12.7. The van der Waals surface area contributed by atoms with Crippen LogP contribution < -0.4 is 10.6 Å². The van der Waals surface area contributed by atoms with Crippen molar-refractivity contribution in [3.8, 4) is 0 Å². The van der Waals surface area contributed by atoms with Crippen LogP contribution in [0.15, 0.2) is 30.3 Å². The topological polar surface area (TPSA) is 63.2 Å². The third-order valence-corrected chi connectivity index (χ3v) is 4.43. The number of methoxy groups -OCH3 is 1. The molecule has 1 aliphatic rings. The second kappa shape index (κ2) is 9.34. The Kier molecular flexibility index (Phi) is 8.09. The summed E-state index contributed by atoms with van der Waals surface area (Å²) in [5.41, 5.74) is 2.23. The summed E-state index contributed by atoms with van der Waals surface area (Å²) in [6.45, 7) is 4.05. The highest BCUT2D eigenvalue weighted by atomic mass is 35.5. The van der Waals surface area contributed by atoms with Crippen molar-refractivity contribution in [2.24, 2.45) is 0 Å². The molecule has 5 nitrogen and oxygen atoms in total. The van der Waals surface area contributed by atoms with E-state index >= 15 is 0 Å². The highest BCUT2D eigenvalue weighted by molar-refractivity contribution is 6.06. The standard InChI is InChI=1S/C18H23N3O2.2ClH/c1-13-10-15(14-6-3-4-7-16(14)21-13)17(22)19-11-18(12-23-2)8-5-9-20-18;;/h3-4,6-7,10,20H,5,8-9,11-12H2,1-2H3,(H,19,22);2*1H. The van der Waals surface area contributed by atoms with Crippen LogP contribution >= 0.6 is 24.8 Å². The summed E-state index contributed by atoms with van der Waals surface area (Å²) in [6.07, 6.45) is 2.12. The van der Waals surface area contributed by atoms with Gasteiger partial charge in [0.15, 0.2) is 0 Å². The number of benzene rings is 1. The van der Waals surface area contributed by atoms with Gasteiger partial charge in [0.25, 0.3) is 5.91 Å². The maximum atomic E-state index is 12.7. The van der Waals surface area contributed by atoms with E-state index in [2.05, 4.69) is 15.6 Å². The molecule has 138 valence electrons. The number of hydrogen-bond acceptors (Lipinski definition) is 4. The SMILES string of the molecule is COCC1(CNC(=O)c2cc(C)nc3ccccc23)CCCN1.Cl.Cl. The Morgan fingerprint density at radius 1 is 1.36 bits per heavy atom. The van der Waals surface area contributed by atoms with Crippen molar-refractivity contribution < 1.29 is 9.53 Å². The predicted octanol–water partition coefficient (Wildman–Crippen LogP) is 2.89. The summed E-state index contributed by atoms with van der Waals surface area (Å²) in [7, 11) is 1.70. The average molecular weight is 386 g/mol. The molecule has 3 rings (SSSR count). The number of pyridine rings is 1. The Morgan fingerprint density at radius 3 is 2.80 bits per heavy atom. The molecular formula is C18H25Cl2N3O2. The van der Waals surface area contributed by atoms with Gasteiger partial charge in [-0.25, -0.2) is 0 Å². The zero-order chi connectivity index (χ0) is 16.3. The fourth-order valence-electron chi connectivity index (χ4n) is 3.31. The summed E-state index contributed by atoms with van der Waals surface area (Å²) >= 11 is 0. The van der Waals surface area contributed by atoms with Gasteiger partial charge in [-0.1, -0.05) is 18.2 Å². The molecule has 0 radical (unpaired) electrons. The highest BCUT2D eigenvalue weighted by Gasteiger charge is 2.33. The van der Waals surface area contributed by atoms with E-state index in [4.69, 9.17) is 4.74 Å². The van der Waals surface area contributed by atoms with Gasteiger partial charge in [0.05, 0.1) is 23.2 Å². The van der Waals surface area contributed by atoms with Crippen LogP contribution in [0.1, 0.15) is 28.9 Å². The van der Waals surface area contributed by atoms with E-state index in [0.29, 0.717) is 18.7 Å². The van der Waals surface area contributed by atoms with Gasteiger partial charge in [-0.15, -0.1) is 24.8 Å². The lowest BCUT2D eigenvalue weighted by Gasteiger charge is -2.29. The van der Waals surface area contributed by atoms with Crippen LogP contribution in [0.4, 0.5) is 0 Å². The van der Waals surface area contributed by atoms with Crippen LogP contribution in [0.25, 0.3) is 10.9 Å². The van der Waals surface area contributed by atoms with Gasteiger partial charge in [-0.2, -0.15) is 0 Å². The molecule has 1 unspecified atom stereocenters. The first kappa shape index (κ1) is 21.6. The van der Waals surface area contributed by atoms with E-state index < -0.39 is 0 Å². The number of aromatic nitrogens is 1. The quantitative estimate of drug-likeness (QED) is 0.830. The van der Waals surface area contributed by atoms with Crippen molar-refractivity contribution in [2.45, 2.75) is 25.3 Å². The Bertz CT molecular complexity index is 719. The van der Waals surface area contributed by atoms with Crippen LogP contribution in [-0.2, 0) is 4.74 Å². The zero-order valence-electron chi connectivity index (χ0n) is 14.5. The van der Waals surface area contributed by atoms with Gasteiger partial charge in [0, 0.05) is 24.7 Å². The number of aryl methyl sites for hydroxylation is 1. The number of para-hydroxylation sites is 1. The first-order chi connectivity index (χ1) is 11.1. The van der Waals surface area contributed by atoms with Crippen molar-refractivity contribution >= 4 is 41.6 Å². The van der Waals surface area contributed by atoms with Gasteiger partial charge in [-0.05, 0) is 38.4 Å². The zero-order valence-corrected chi connectivity index (χ0v) is 16.1. The molecule has 1 fully saturated rings. The van der Waals surface area contributed by atoms with Gasteiger partial charge in [0.1, 0.15) is 0 Å². The number of ether oxygens (including phenoxy) is 1. The molecule has 1 atom stereocenters. The molecule has 7 heteroatoms. The molecule has 0 spiro atoms. The number of nitrogens with one attached hydrogen (secondary N) is 2. The second-order valence-corrected chi connectivity index (χ2v) is 6.25. The molecule has 1 aromatic carbocycles. The lowest BCUT2D eigenvalue weighted by atomic mass is 9.98. The van der Waals surface area contributed by atoms with Crippen molar-refractivity contribution in [3.63, 3.8) is 0 Å². The van der Waals surface area contributed by atoms with Gasteiger partial charge in [-0.3, -0.25) is 9.78 Å². The smallest absolute Gasteiger partial charge is 0.252 e. The first-order valence-electron chi connectivity index (χ1n) is 8.02. The van der Waals surface area contributed by atoms with Crippen LogP contribution in [-0.4, -0.2) is 43.2 Å². The Morgan fingerprint density at radius 2 is 2.12 bits per heavy atom. The Labute approximate surface area is 160 Å². The second-order valence-electron chi connectivity index (χ2n) is 6.25. The lowest BCUT2D eigenvalue weighted by Crippen LogP contribution is -2.53. The molecule has 25 heavy (non-hydrogen) atoms. The minimum Gasteiger partial charge on any atom is -0.383 e. The highest BCUT2D eigenvalue weighted by Crippen LogP contribution is 2.21. The summed E-state index contributed by atoms with van der Waals surface area (Å²) in [6, 6.07) is 9.59. The number of halogens is 2. The van der Waals surface area contributed by atoms with Crippen LogP contribution in [0, 0.1) is 6.92 Å². The number of rotatable bonds is 5. The molecule has 0 saturated carbocycles. The molecule has 2 aromatic rings. The predicted molar refractivity (Wildman–Crippen MR) is 105 cm³/mol. The molecule has 1 amide bonds. The van der Waals surface area contributed by atoms with E-state index in [1.54, 1.807) is 7.11 Å². The third kappa shape index (κ3) is 4.82.